The fourth-order valence-electron chi connectivity index (χ4n) is 8.11. The van der Waals surface area contributed by atoms with E-state index in [0.717, 1.165) is 27.6 Å². The highest BCUT2D eigenvalue weighted by Gasteiger charge is 2.42. The number of aromatic amines is 1. The van der Waals surface area contributed by atoms with Crippen molar-refractivity contribution in [2.24, 2.45) is 5.73 Å². The number of nitrogens with two attached hydrogens (primary N) is 1. The number of amides is 6. The van der Waals surface area contributed by atoms with Crippen molar-refractivity contribution in [3.63, 3.8) is 0 Å². The summed E-state index contributed by atoms with van der Waals surface area (Å²) < 4.78 is 0. The maximum Gasteiger partial charge on any atom is 0.246 e. The lowest BCUT2D eigenvalue weighted by Gasteiger charge is -2.33. The molecule has 0 saturated carbocycles. The molecule has 3 heterocycles. The van der Waals surface area contributed by atoms with Gasteiger partial charge >= 0.3 is 0 Å². The van der Waals surface area contributed by atoms with Gasteiger partial charge in [0.15, 0.2) is 0 Å². The average Bonchev–Trinajstić information content (AvgIpc) is 3.91. The summed E-state index contributed by atoms with van der Waals surface area (Å²) in [6, 6.07) is 18.5. The number of aliphatic hydroxyl groups excluding tert-OH is 1. The lowest BCUT2D eigenvalue weighted by molar-refractivity contribution is -0.143. The molecule has 6 amide bonds. The topological polar surface area (TPSA) is 228 Å². The highest BCUT2D eigenvalue weighted by Crippen LogP contribution is 2.25. The van der Waals surface area contributed by atoms with E-state index in [1.807, 2.05) is 72.8 Å². The van der Waals surface area contributed by atoms with Crippen LogP contribution in [0.3, 0.4) is 0 Å². The monoisotopic (exact) mass is 820 g/mol. The average molecular weight is 821 g/mol. The number of nitrogens with one attached hydrogen (secondary N) is 6. The van der Waals surface area contributed by atoms with Crippen molar-refractivity contribution in [2.75, 3.05) is 13.1 Å². The molecular weight excluding hydrogens is 765 g/mol. The lowest BCUT2D eigenvalue weighted by atomic mass is 9.91. The van der Waals surface area contributed by atoms with Gasteiger partial charge in [-0.15, -0.1) is 0 Å². The van der Waals surface area contributed by atoms with Crippen molar-refractivity contribution in [1.29, 1.82) is 0 Å². The number of hydrogen-bond donors (Lipinski definition) is 8. The van der Waals surface area contributed by atoms with Crippen LogP contribution in [0.2, 0.25) is 0 Å². The Kier molecular flexibility index (Phi) is 14.7. The summed E-state index contributed by atoms with van der Waals surface area (Å²) in [6.07, 6.45) is 2.33. The van der Waals surface area contributed by atoms with E-state index in [1.165, 1.54) is 11.8 Å². The van der Waals surface area contributed by atoms with Gasteiger partial charge in [0.1, 0.15) is 36.3 Å². The predicted octanol–water partition coefficient (Wildman–Crippen LogP) is 1.70. The number of fused-ring (bicyclic) bond motifs is 2. The minimum absolute atomic E-state index is 0.0194. The van der Waals surface area contributed by atoms with E-state index >= 15 is 0 Å². The Hall–Kier alpha value is -6.06. The van der Waals surface area contributed by atoms with Crippen LogP contribution in [0.4, 0.5) is 0 Å². The number of benzene rings is 3. The molecule has 0 bridgehead atoms. The number of aliphatic hydroxyl groups is 1. The first kappa shape index (κ1) is 43.5. The van der Waals surface area contributed by atoms with Crippen molar-refractivity contribution >= 4 is 46.3 Å². The second-order valence-corrected chi connectivity index (χ2v) is 15.8. The van der Waals surface area contributed by atoms with Crippen LogP contribution in [0.1, 0.15) is 68.6 Å². The van der Waals surface area contributed by atoms with Crippen LogP contribution in [-0.4, -0.2) is 106 Å². The number of aromatic nitrogens is 1. The van der Waals surface area contributed by atoms with Crippen molar-refractivity contribution < 1.29 is 33.9 Å². The van der Waals surface area contributed by atoms with Crippen LogP contribution < -0.4 is 32.3 Å². The molecule has 2 fully saturated rings. The molecule has 0 radical (unpaired) electrons. The van der Waals surface area contributed by atoms with Crippen LogP contribution in [-0.2, 0) is 41.6 Å². The fraction of sp³-hybridized carbons (Fsp3) is 0.422. The second-order valence-electron chi connectivity index (χ2n) is 15.8. The molecule has 0 unspecified atom stereocenters. The molecule has 2 saturated heterocycles. The quantitative estimate of drug-likeness (QED) is 0.104. The van der Waals surface area contributed by atoms with Gasteiger partial charge in [-0.3, -0.25) is 28.8 Å². The number of H-pyrrole nitrogens is 1. The van der Waals surface area contributed by atoms with Crippen LogP contribution in [0.15, 0.2) is 91.1 Å². The van der Waals surface area contributed by atoms with Gasteiger partial charge in [0.05, 0.1) is 6.10 Å². The summed E-state index contributed by atoms with van der Waals surface area (Å²) >= 11 is 0. The van der Waals surface area contributed by atoms with E-state index in [1.54, 1.807) is 25.3 Å². The highest BCUT2D eigenvalue weighted by molar-refractivity contribution is 5.99. The zero-order chi connectivity index (χ0) is 42.8. The summed E-state index contributed by atoms with van der Waals surface area (Å²) in [7, 11) is 0. The minimum atomic E-state index is -1.52. The van der Waals surface area contributed by atoms with Crippen molar-refractivity contribution in [1.82, 2.24) is 36.5 Å². The molecule has 9 N–H and O–H groups in total. The predicted molar refractivity (Wildman–Crippen MR) is 226 cm³/mol. The molecule has 15 heteroatoms. The second kappa shape index (κ2) is 20.3. The molecule has 1 aromatic heterocycles. The summed E-state index contributed by atoms with van der Waals surface area (Å²) in [6.45, 7) is 3.70. The smallest absolute Gasteiger partial charge is 0.246 e. The number of hydrogen-bond acceptors (Lipinski definition) is 8. The first-order chi connectivity index (χ1) is 28.9. The summed E-state index contributed by atoms with van der Waals surface area (Å²) in [4.78, 5) is 90.9. The molecular formula is C45H56N8O7. The zero-order valence-electron chi connectivity index (χ0n) is 34.1. The number of rotatable bonds is 11. The molecule has 0 aliphatic carbocycles. The SMILES string of the molecule is C[C@H](c1ccccc1)[C@@H]1NC(=O)[C@@H]2CCCN2C(=O)[C@H](Cc2ccccc2)NC(=O)[C@H]([C@@H](C)O)NC(=O)[C@H](CCCCN)NC(=O)[C@@H](Cc2c[nH]c3ccccc23)NC1=O. The first-order valence-corrected chi connectivity index (χ1v) is 20.8. The highest BCUT2D eigenvalue weighted by atomic mass is 16.3. The van der Waals surface area contributed by atoms with Crippen LogP contribution in [0, 0.1) is 0 Å². The zero-order valence-corrected chi connectivity index (χ0v) is 34.1. The Morgan fingerprint density at radius 2 is 1.30 bits per heavy atom. The van der Waals surface area contributed by atoms with E-state index in [4.69, 9.17) is 5.73 Å². The number of nitrogens with zero attached hydrogens (tertiary/aromatic N) is 1. The van der Waals surface area contributed by atoms with Gasteiger partial charge in [0, 0.05) is 42.4 Å². The lowest BCUT2D eigenvalue weighted by Crippen LogP contribution is -2.63. The van der Waals surface area contributed by atoms with E-state index < -0.39 is 83.7 Å². The van der Waals surface area contributed by atoms with Crippen LogP contribution in [0.5, 0.6) is 0 Å². The van der Waals surface area contributed by atoms with Gasteiger partial charge in [-0.25, -0.2) is 0 Å². The van der Waals surface area contributed by atoms with Gasteiger partial charge in [0.2, 0.25) is 35.4 Å². The molecule has 318 valence electrons. The van der Waals surface area contributed by atoms with E-state index in [-0.39, 0.29) is 25.8 Å². The molecule has 60 heavy (non-hydrogen) atoms. The molecule has 0 spiro atoms. The summed E-state index contributed by atoms with van der Waals surface area (Å²) in [5.74, 6) is -4.53. The van der Waals surface area contributed by atoms with Crippen molar-refractivity contribution in [3.8, 4) is 0 Å². The van der Waals surface area contributed by atoms with E-state index in [2.05, 4.69) is 31.6 Å². The number of carbonyl (C=O) groups is 6. The summed E-state index contributed by atoms with van der Waals surface area (Å²) in [5, 5.41) is 25.8. The third-order valence-corrected chi connectivity index (χ3v) is 11.5. The Morgan fingerprint density at radius 3 is 2.02 bits per heavy atom. The third kappa shape index (κ3) is 10.6. The molecule has 15 nitrogen and oxygen atoms in total. The van der Waals surface area contributed by atoms with Gasteiger partial charge in [-0.05, 0) is 68.3 Å². The Morgan fingerprint density at radius 1 is 0.683 bits per heavy atom. The normalized spacial score (nSPS) is 24.6. The molecule has 2 aliphatic heterocycles. The number of para-hydroxylation sites is 1. The Bertz CT molecular complexity index is 2130. The maximum absolute atomic E-state index is 14.7. The number of carbonyl (C=O) groups excluding carboxylic acids is 6. The van der Waals surface area contributed by atoms with Gasteiger partial charge in [0.25, 0.3) is 0 Å². The van der Waals surface area contributed by atoms with Crippen LogP contribution >= 0.6 is 0 Å². The molecule has 4 aromatic rings. The molecule has 3 aromatic carbocycles. The van der Waals surface area contributed by atoms with Crippen LogP contribution in [0.25, 0.3) is 10.9 Å². The standard InChI is InChI=1S/C45H56N8O7/c1-27(30-16-7-4-8-17-30)38-43(58)49-35(25-31-26-47-33-19-10-9-18-32(31)33)41(56)48-34(20-11-12-22-46)40(55)52-39(28(2)54)44(59)50-36(24-29-14-5-3-6-15-29)45(60)53-23-13-21-37(53)42(57)51-38/h3-10,14-19,26-28,34-39,47,54H,11-13,20-25,46H2,1-2H3,(H,48,56)(H,49,58)(H,50,59)(H,51,57)(H,52,55)/t27-,28-,34+,35-,36+,37+,38+,39+/m1/s1. The Labute approximate surface area is 349 Å². The maximum atomic E-state index is 14.7. The first-order valence-electron chi connectivity index (χ1n) is 20.8. The van der Waals surface area contributed by atoms with E-state index in [9.17, 15) is 33.9 Å². The molecule has 6 rings (SSSR count). The molecule has 8 atom stereocenters. The minimum Gasteiger partial charge on any atom is -0.391 e. The largest absolute Gasteiger partial charge is 0.391 e. The van der Waals surface area contributed by atoms with Crippen molar-refractivity contribution in [3.05, 3.63) is 108 Å². The van der Waals surface area contributed by atoms with Gasteiger partial charge in [-0.2, -0.15) is 0 Å². The van der Waals surface area contributed by atoms with Crippen molar-refractivity contribution in [2.45, 2.75) is 107 Å². The van der Waals surface area contributed by atoms with Gasteiger partial charge in [-0.1, -0.05) is 85.8 Å². The van der Waals surface area contributed by atoms with Gasteiger partial charge < -0.3 is 47.3 Å². The number of unbranched alkanes of at least 4 members (excludes halogenated alkanes) is 1. The Balaban J connectivity index is 1.42. The third-order valence-electron chi connectivity index (χ3n) is 11.5. The summed E-state index contributed by atoms with van der Waals surface area (Å²) in [5.41, 5.74) is 8.82. The van der Waals surface area contributed by atoms with E-state index in [0.29, 0.717) is 32.2 Å². The fourth-order valence-corrected chi connectivity index (χ4v) is 8.11. The molecule has 2 aliphatic rings.